The molecule has 0 aliphatic carbocycles. The van der Waals surface area contributed by atoms with Crippen LogP contribution in [-0.4, -0.2) is 35.7 Å². The van der Waals surface area contributed by atoms with Gasteiger partial charge in [0.25, 0.3) is 0 Å². The van der Waals surface area contributed by atoms with E-state index in [-0.39, 0.29) is 0 Å². The lowest BCUT2D eigenvalue weighted by Gasteiger charge is -2.13. The monoisotopic (exact) mass is 283 g/mol. The minimum Gasteiger partial charge on any atom is -0.354 e. The molecule has 5 heteroatoms. The Hall–Kier alpha value is -1.13. The highest BCUT2D eigenvalue weighted by molar-refractivity contribution is 7.80. The number of thiocarbonyl (C=S) groups is 1. The summed E-state index contributed by atoms with van der Waals surface area (Å²) in [6, 6.07) is 10.0. The first-order valence-electron chi connectivity index (χ1n) is 5.80. The van der Waals surface area contributed by atoms with E-state index in [4.69, 9.17) is 23.8 Å². The van der Waals surface area contributed by atoms with Crippen LogP contribution in [-0.2, 0) is 0 Å². The van der Waals surface area contributed by atoms with Crippen molar-refractivity contribution in [3.05, 3.63) is 35.9 Å². The van der Waals surface area contributed by atoms with Crippen LogP contribution in [0.2, 0.25) is 0 Å². The van der Waals surface area contributed by atoms with Crippen LogP contribution in [0.25, 0.3) is 0 Å². The quantitative estimate of drug-likeness (QED) is 0.390. The first-order valence-corrected chi connectivity index (χ1v) is 6.74. The van der Waals surface area contributed by atoms with Gasteiger partial charge in [-0.3, -0.25) is 5.43 Å². The lowest BCUT2D eigenvalue weighted by molar-refractivity contribution is 0.605. The maximum atomic E-state index is 5.74. The molecule has 98 valence electrons. The van der Waals surface area contributed by atoms with E-state index in [9.17, 15) is 0 Å². The molecule has 0 atom stereocenters. The third-order valence-corrected chi connectivity index (χ3v) is 3.07. The first kappa shape index (κ1) is 14.9. The number of hydrogen-bond donors (Lipinski definition) is 1. The van der Waals surface area contributed by atoms with Crippen LogP contribution in [0.1, 0.15) is 18.4 Å². The highest BCUT2D eigenvalue weighted by Crippen LogP contribution is 2.07. The Kier molecular flexibility index (Phi) is 6.68. The molecule has 0 unspecified atom stereocenters. The van der Waals surface area contributed by atoms with E-state index >= 15 is 0 Å². The van der Waals surface area contributed by atoms with E-state index in [0.717, 1.165) is 24.1 Å². The number of benzene rings is 1. The molecule has 18 heavy (non-hydrogen) atoms. The van der Waals surface area contributed by atoms with Crippen molar-refractivity contribution in [1.82, 2.24) is 10.3 Å². The Morgan fingerprint density at radius 3 is 2.56 bits per heavy atom. The fraction of sp³-hybridized carbons (Fsp3) is 0.385. The molecule has 0 aliphatic heterocycles. The van der Waals surface area contributed by atoms with Crippen LogP contribution in [0, 0.1) is 0 Å². The van der Waals surface area contributed by atoms with Crippen LogP contribution in [0.15, 0.2) is 35.4 Å². The second kappa shape index (κ2) is 8.06. The van der Waals surface area contributed by atoms with Gasteiger partial charge < -0.3 is 4.90 Å². The van der Waals surface area contributed by atoms with Gasteiger partial charge >= 0.3 is 0 Å². The van der Waals surface area contributed by atoms with Crippen LogP contribution in [0.4, 0.5) is 0 Å². The number of hydrazone groups is 1. The predicted octanol–water partition coefficient (Wildman–Crippen LogP) is 2.85. The van der Waals surface area contributed by atoms with E-state index in [0.29, 0.717) is 11.0 Å². The molecule has 0 bridgehead atoms. The highest BCUT2D eigenvalue weighted by atomic mass is 35.5. The molecule has 0 fully saturated rings. The summed E-state index contributed by atoms with van der Waals surface area (Å²) in [4.78, 5) is 1.81. The maximum Gasteiger partial charge on any atom is 0.189 e. The fourth-order valence-electron chi connectivity index (χ4n) is 1.34. The second-order valence-electron chi connectivity index (χ2n) is 4.03. The zero-order chi connectivity index (χ0) is 13.4. The van der Waals surface area contributed by atoms with Gasteiger partial charge in [-0.1, -0.05) is 30.3 Å². The molecule has 1 aromatic carbocycles. The van der Waals surface area contributed by atoms with Gasteiger partial charge in [0, 0.05) is 20.0 Å². The van der Waals surface area contributed by atoms with Gasteiger partial charge in [0.2, 0.25) is 0 Å². The predicted molar refractivity (Wildman–Crippen MR) is 82.4 cm³/mol. The summed E-state index contributed by atoms with van der Waals surface area (Å²) in [5.41, 5.74) is 4.96. The maximum absolute atomic E-state index is 5.74. The van der Waals surface area contributed by atoms with E-state index in [1.807, 2.05) is 49.3 Å². The number of hydrogen-bond acceptors (Lipinski definition) is 2. The molecule has 0 saturated carbocycles. The summed E-state index contributed by atoms with van der Waals surface area (Å²) in [5, 5.41) is 4.97. The normalized spacial score (nSPS) is 11.2. The number of nitrogens with one attached hydrogen (secondary N) is 1. The number of halogens is 1. The average molecular weight is 284 g/mol. The molecule has 1 rings (SSSR count). The van der Waals surface area contributed by atoms with Gasteiger partial charge in [-0.15, -0.1) is 11.6 Å². The van der Waals surface area contributed by atoms with Gasteiger partial charge in [0.15, 0.2) is 5.11 Å². The molecule has 0 aliphatic rings. The second-order valence-corrected chi connectivity index (χ2v) is 4.79. The highest BCUT2D eigenvalue weighted by Gasteiger charge is 2.04. The molecule has 3 nitrogen and oxygen atoms in total. The molecule has 0 radical (unpaired) electrons. The molecule has 0 saturated heterocycles. The van der Waals surface area contributed by atoms with Gasteiger partial charge in [0.1, 0.15) is 0 Å². The minimum absolute atomic E-state index is 0.592. The molecule has 1 N–H and O–H groups in total. The minimum atomic E-state index is 0.592. The fourth-order valence-corrected chi connectivity index (χ4v) is 1.52. The molecule has 0 aromatic heterocycles. The summed E-state index contributed by atoms with van der Waals surface area (Å²) in [7, 11) is 3.76. The molecule has 0 amide bonds. The average Bonchev–Trinajstić information content (AvgIpc) is 2.39. The van der Waals surface area contributed by atoms with Crippen LogP contribution < -0.4 is 5.43 Å². The summed E-state index contributed by atoms with van der Waals surface area (Å²) < 4.78 is 0. The Balaban J connectivity index is 2.78. The van der Waals surface area contributed by atoms with E-state index in [1.54, 1.807) is 0 Å². The van der Waals surface area contributed by atoms with Gasteiger partial charge in [-0.25, -0.2) is 0 Å². The molecule has 0 spiro atoms. The summed E-state index contributed by atoms with van der Waals surface area (Å²) in [6.45, 7) is 0. The van der Waals surface area contributed by atoms with Crippen molar-refractivity contribution >= 4 is 34.6 Å². The third kappa shape index (κ3) is 5.02. The van der Waals surface area contributed by atoms with Crippen LogP contribution in [0.5, 0.6) is 0 Å². The molecule has 1 aromatic rings. The Morgan fingerprint density at radius 2 is 2.00 bits per heavy atom. The summed E-state index contributed by atoms with van der Waals surface area (Å²) in [6.07, 6.45) is 1.72. The van der Waals surface area contributed by atoms with Crippen molar-refractivity contribution in [2.45, 2.75) is 12.8 Å². The van der Waals surface area contributed by atoms with E-state index in [1.165, 1.54) is 0 Å². The Bertz CT molecular complexity index is 404. The first-order chi connectivity index (χ1) is 8.65. The Morgan fingerprint density at radius 1 is 1.33 bits per heavy atom. The van der Waals surface area contributed by atoms with E-state index < -0.39 is 0 Å². The lowest BCUT2D eigenvalue weighted by atomic mass is 10.1. The standard InChI is InChI=1S/C13H18ClN3S/c1-17(2)13(18)16-15-12(9-6-10-14)11-7-4-3-5-8-11/h3-5,7-8H,6,9-10H2,1-2H3,(H,16,18). The van der Waals surface area contributed by atoms with Crippen molar-refractivity contribution in [2.75, 3.05) is 20.0 Å². The molecular weight excluding hydrogens is 266 g/mol. The van der Waals surface area contributed by atoms with Gasteiger partial charge in [-0.2, -0.15) is 5.10 Å². The number of nitrogens with zero attached hydrogens (tertiary/aromatic N) is 2. The zero-order valence-corrected chi connectivity index (χ0v) is 12.3. The number of alkyl halides is 1. The van der Waals surface area contributed by atoms with E-state index in [2.05, 4.69) is 10.5 Å². The number of rotatable bonds is 5. The van der Waals surface area contributed by atoms with Crippen molar-refractivity contribution in [2.24, 2.45) is 5.10 Å². The summed E-state index contributed by atoms with van der Waals surface area (Å²) in [5.74, 6) is 0.629. The zero-order valence-electron chi connectivity index (χ0n) is 10.7. The third-order valence-electron chi connectivity index (χ3n) is 2.35. The van der Waals surface area contributed by atoms with Crippen molar-refractivity contribution in [3.63, 3.8) is 0 Å². The van der Waals surface area contributed by atoms with Crippen molar-refractivity contribution in [3.8, 4) is 0 Å². The molecule has 0 heterocycles. The molecular formula is C13H18ClN3S. The van der Waals surface area contributed by atoms with Gasteiger partial charge in [-0.05, 0) is 30.6 Å². The largest absolute Gasteiger partial charge is 0.354 e. The SMILES string of the molecule is CN(C)C(=S)NN=C(CCCCl)c1ccccc1. The lowest BCUT2D eigenvalue weighted by Crippen LogP contribution is -2.31. The van der Waals surface area contributed by atoms with Crippen molar-refractivity contribution < 1.29 is 0 Å². The van der Waals surface area contributed by atoms with Gasteiger partial charge in [0.05, 0.1) is 5.71 Å². The topological polar surface area (TPSA) is 27.6 Å². The smallest absolute Gasteiger partial charge is 0.189 e. The Labute approximate surface area is 119 Å². The summed E-state index contributed by atoms with van der Waals surface area (Å²) >= 11 is 10.9. The van der Waals surface area contributed by atoms with Crippen LogP contribution in [0.3, 0.4) is 0 Å². The van der Waals surface area contributed by atoms with Crippen LogP contribution >= 0.6 is 23.8 Å². The van der Waals surface area contributed by atoms with Crippen molar-refractivity contribution in [1.29, 1.82) is 0 Å².